The van der Waals surface area contributed by atoms with E-state index in [-0.39, 0.29) is 24.6 Å². The first kappa shape index (κ1) is 9.01. The van der Waals surface area contributed by atoms with E-state index in [4.69, 9.17) is 10.00 Å². The lowest BCUT2D eigenvalue weighted by Gasteiger charge is -2.10. The van der Waals surface area contributed by atoms with Crippen LogP contribution >= 0.6 is 0 Å². The fourth-order valence-electron chi connectivity index (χ4n) is 1.25. The van der Waals surface area contributed by atoms with Gasteiger partial charge in [-0.15, -0.1) is 0 Å². The van der Waals surface area contributed by atoms with Crippen molar-refractivity contribution in [3.05, 3.63) is 0 Å². The van der Waals surface area contributed by atoms with E-state index in [1.807, 2.05) is 6.92 Å². The molecule has 4 heteroatoms. The van der Waals surface area contributed by atoms with Gasteiger partial charge in [0.1, 0.15) is 6.07 Å². The lowest BCUT2D eigenvalue weighted by atomic mass is 10.0. The third kappa shape index (κ3) is 1.95. The van der Waals surface area contributed by atoms with Crippen molar-refractivity contribution in [3.63, 3.8) is 0 Å². The molecule has 0 spiro atoms. The maximum Gasteiger partial charge on any atom is 0.312 e. The number of rotatable bonds is 2. The van der Waals surface area contributed by atoms with Crippen LogP contribution in [-0.4, -0.2) is 25.3 Å². The summed E-state index contributed by atoms with van der Waals surface area (Å²) in [6, 6.07) is 1.75. The topological polar surface area (TPSA) is 59.3 Å². The van der Waals surface area contributed by atoms with E-state index >= 15 is 0 Å². The first-order valence-electron chi connectivity index (χ1n) is 3.91. The predicted molar refractivity (Wildman–Crippen MR) is 40.1 cm³/mol. The Balaban J connectivity index is 2.37. The molecule has 0 aromatic heterocycles. The molecular formula is C8H11NO3. The molecule has 1 rings (SSSR count). The Labute approximate surface area is 71.1 Å². The summed E-state index contributed by atoms with van der Waals surface area (Å²) in [6.45, 7) is 2.28. The number of ether oxygens (including phenoxy) is 2. The third-order valence-corrected chi connectivity index (χ3v) is 1.96. The Bertz CT molecular complexity index is 209. The average molecular weight is 169 g/mol. The van der Waals surface area contributed by atoms with Gasteiger partial charge in [0, 0.05) is 6.61 Å². The van der Waals surface area contributed by atoms with Crippen LogP contribution < -0.4 is 0 Å². The van der Waals surface area contributed by atoms with Crippen molar-refractivity contribution >= 4 is 5.97 Å². The molecule has 1 saturated heterocycles. The number of hydrogen-bond acceptors (Lipinski definition) is 4. The fourth-order valence-corrected chi connectivity index (χ4v) is 1.25. The Kier molecular flexibility index (Phi) is 3.06. The highest BCUT2D eigenvalue weighted by Crippen LogP contribution is 2.21. The van der Waals surface area contributed by atoms with E-state index in [0.717, 1.165) is 0 Å². The Morgan fingerprint density at radius 2 is 2.58 bits per heavy atom. The summed E-state index contributed by atoms with van der Waals surface area (Å²) < 4.78 is 9.85. The molecule has 0 radical (unpaired) electrons. The van der Waals surface area contributed by atoms with Gasteiger partial charge in [-0.2, -0.15) is 5.26 Å². The van der Waals surface area contributed by atoms with Crippen LogP contribution in [0, 0.1) is 17.2 Å². The van der Waals surface area contributed by atoms with Crippen molar-refractivity contribution in [3.8, 4) is 6.07 Å². The molecule has 1 fully saturated rings. The molecule has 1 aliphatic heterocycles. The Hall–Kier alpha value is -1.08. The molecule has 0 aliphatic carbocycles. The zero-order chi connectivity index (χ0) is 8.97. The van der Waals surface area contributed by atoms with Crippen LogP contribution in [0.2, 0.25) is 0 Å². The smallest absolute Gasteiger partial charge is 0.312 e. The van der Waals surface area contributed by atoms with E-state index in [9.17, 15) is 4.79 Å². The van der Waals surface area contributed by atoms with Gasteiger partial charge in [0.25, 0.3) is 0 Å². The number of hydrogen-bond donors (Lipinski definition) is 0. The Morgan fingerprint density at radius 3 is 3.08 bits per heavy atom. The van der Waals surface area contributed by atoms with Gasteiger partial charge in [-0.05, 0) is 13.3 Å². The molecule has 4 nitrogen and oxygen atoms in total. The van der Waals surface area contributed by atoms with Crippen LogP contribution in [0.1, 0.15) is 13.3 Å². The lowest BCUT2D eigenvalue weighted by molar-refractivity contribution is -0.148. The number of nitriles is 1. The summed E-state index contributed by atoms with van der Waals surface area (Å²) in [6.07, 6.45) is 0.627. The predicted octanol–water partition coefficient (Wildman–Crippen LogP) is 0.478. The van der Waals surface area contributed by atoms with Crippen molar-refractivity contribution in [2.45, 2.75) is 19.4 Å². The molecule has 0 amide bonds. The quantitative estimate of drug-likeness (QED) is 0.564. The summed E-state index contributed by atoms with van der Waals surface area (Å²) in [7, 11) is 0. The zero-order valence-corrected chi connectivity index (χ0v) is 6.95. The highest BCUT2D eigenvalue weighted by Gasteiger charge is 2.31. The van der Waals surface area contributed by atoms with Gasteiger partial charge in [-0.3, -0.25) is 4.79 Å². The van der Waals surface area contributed by atoms with E-state index < -0.39 is 0 Å². The van der Waals surface area contributed by atoms with Gasteiger partial charge < -0.3 is 9.47 Å². The highest BCUT2D eigenvalue weighted by atomic mass is 16.5. The normalized spacial score (nSPS) is 28.0. The fraction of sp³-hybridized carbons (Fsp3) is 0.750. The van der Waals surface area contributed by atoms with E-state index in [0.29, 0.717) is 13.0 Å². The van der Waals surface area contributed by atoms with Gasteiger partial charge in [-0.1, -0.05) is 0 Å². The van der Waals surface area contributed by atoms with Crippen LogP contribution in [0.3, 0.4) is 0 Å². The second kappa shape index (κ2) is 4.07. The van der Waals surface area contributed by atoms with E-state index in [1.165, 1.54) is 0 Å². The van der Waals surface area contributed by atoms with Crippen LogP contribution in [0.4, 0.5) is 0 Å². The summed E-state index contributed by atoms with van der Waals surface area (Å²) in [4.78, 5) is 11.2. The number of carbonyl (C=O) groups excluding carboxylic acids is 1. The minimum absolute atomic E-state index is 0.0730. The molecule has 2 atom stereocenters. The largest absolute Gasteiger partial charge is 0.450 e. The molecule has 66 valence electrons. The molecule has 12 heavy (non-hydrogen) atoms. The number of esters is 1. The van der Waals surface area contributed by atoms with Gasteiger partial charge in [0.05, 0.1) is 12.0 Å². The molecule has 1 heterocycles. The summed E-state index contributed by atoms with van der Waals surface area (Å²) in [5, 5.41) is 8.17. The third-order valence-electron chi connectivity index (χ3n) is 1.96. The summed E-state index contributed by atoms with van der Waals surface area (Å²) >= 11 is 0. The van der Waals surface area contributed by atoms with Crippen molar-refractivity contribution in [1.29, 1.82) is 5.26 Å². The van der Waals surface area contributed by atoms with Gasteiger partial charge in [0.2, 0.25) is 0 Å². The molecular weight excluding hydrogens is 158 g/mol. The molecule has 2 unspecified atom stereocenters. The maximum absolute atomic E-state index is 11.2. The Morgan fingerprint density at radius 1 is 1.83 bits per heavy atom. The average Bonchev–Trinajstić information content (AvgIpc) is 2.47. The maximum atomic E-state index is 11.2. The number of nitrogens with zero attached hydrogens (tertiary/aromatic N) is 1. The minimum atomic E-state index is -0.318. The summed E-state index contributed by atoms with van der Waals surface area (Å²) in [5.74, 6) is -0.500. The first-order valence-corrected chi connectivity index (χ1v) is 3.91. The van der Waals surface area contributed by atoms with Crippen molar-refractivity contribution in [2.24, 2.45) is 5.92 Å². The van der Waals surface area contributed by atoms with Crippen molar-refractivity contribution in [2.75, 3.05) is 13.2 Å². The second-order valence-corrected chi connectivity index (χ2v) is 2.74. The zero-order valence-electron chi connectivity index (χ0n) is 6.95. The van der Waals surface area contributed by atoms with Gasteiger partial charge >= 0.3 is 5.97 Å². The van der Waals surface area contributed by atoms with E-state index in [2.05, 4.69) is 4.74 Å². The van der Waals surface area contributed by atoms with Gasteiger partial charge in [0.15, 0.2) is 6.61 Å². The molecule has 0 N–H and O–H groups in total. The summed E-state index contributed by atoms with van der Waals surface area (Å²) in [5.41, 5.74) is 0. The van der Waals surface area contributed by atoms with Crippen LogP contribution in [0.25, 0.3) is 0 Å². The standard InChI is InChI=1S/C8H11NO3/c1-6-7(2-4-11-6)8(10)12-5-3-9/h6-7H,2,4-5H2,1H3. The second-order valence-electron chi connectivity index (χ2n) is 2.74. The highest BCUT2D eigenvalue weighted by molar-refractivity contribution is 5.73. The molecule has 0 saturated carbocycles. The van der Waals surface area contributed by atoms with Crippen LogP contribution in [0.15, 0.2) is 0 Å². The number of carbonyl (C=O) groups is 1. The molecule has 1 aliphatic rings. The molecule has 0 aromatic rings. The lowest BCUT2D eigenvalue weighted by Crippen LogP contribution is -2.23. The van der Waals surface area contributed by atoms with Crippen LogP contribution in [-0.2, 0) is 14.3 Å². The van der Waals surface area contributed by atoms with Crippen LogP contribution in [0.5, 0.6) is 0 Å². The van der Waals surface area contributed by atoms with Gasteiger partial charge in [-0.25, -0.2) is 0 Å². The first-order chi connectivity index (χ1) is 5.75. The van der Waals surface area contributed by atoms with Crippen molar-refractivity contribution < 1.29 is 14.3 Å². The molecule has 0 aromatic carbocycles. The SMILES string of the molecule is CC1OCCC1C(=O)OCC#N. The molecule has 0 bridgehead atoms. The monoisotopic (exact) mass is 169 g/mol. The van der Waals surface area contributed by atoms with E-state index in [1.54, 1.807) is 6.07 Å². The van der Waals surface area contributed by atoms with Crippen molar-refractivity contribution in [1.82, 2.24) is 0 Å². The minimum Gasteiger partial charge on any atom is -0.450 e.